The van der Waals surface area contributed by atoms with Gasteiger partial charge in [0.2, 0.25) is 0 Å². The minimum atomic E-state index is -0.00269. The first-order chi connectivity index (χ1) is 9.63. The Hall–Kier alpha value is -2.30. The molecule has 0 aliphatic carbocycles. The van der Waals surface area contributed by atoms with Crippen molar-refractivity contribution in [3.8, 4) is 0 Å². The summed E-state index contributed by atoms with van der Waals surface area (Å²) >= 11 is 0. The van der Waals surface area contributed by atoms with Crippen LogP contribution >= 0.6 is 0 Å². The Balaban J connectivity index is 2.16. The number of amides is 1. The van der Waals surface area contributed by atoms with E-state index < -0.39 is 0 Å². The molecule has 0 saturated carbocycles. The van der Waals surface area contributed by atoms with Crippen LogP contribution in [0, 0.1) is 0 Å². The zero-order chi connectivity index (χ0) is 14.5. The maximum absolute atomic E-state index is 12.1. The molecule has 1 heterocycles. The lowest BCUT2D eigenvalue weighted by atomic mass is 10.1. The van der Waals surface area contributed by atoms with Crippen LogP contribution in [0.4, 0.5) is 5.69 Å². The van der Waals surface area contributed by atoms with Gasteiger partial charge in [0.1, 0.15) is 0 Å². The molecule has 2 aromatic rings. The largest absolute Gasteiger partial charge is 0.379 e. The average Bonchev–Trinajstić information content (AvgIpc) is 2.92. The van der Waals surface area contributed by atoms with Crippen LogP contribution in [0.15, 0.2) is 36.8 Å². The second kappa shape index (κ2) is 6.23. The molecule has 0 aliphatic rings. The zero-order valence-corrected chi connectivity index (χ0v) is 12.1. The Kier molecular flexibility index (Phi) is 4.40. The lowest BCUT2D eigenvalue weighted by Crippen LogP contribution is -2.23. The predicted octanol–water partition coefficient (Wildman–Crippen LogP) is 2.22. The third-order valence-corrected chi connectivity index (χ3v) is 3.16. The number of carbonyl (C=O) groups is 1. The van der Waals surface area contributed by atoms with E-state index in [-0.39, 0.29) is 5.91 Å². The SMILES string of the molecule is CCn1cncc1CNc1ccccc1C(=O)N(C)C. The fraction of sp³-hybridized carbons (Fsp3) is 0.333. The van der Waals surface area contributed by atoms with Gasteiger partial charge in [-0.05, 0) is 19.1 Å². The highest BCUT2D eigenvalue weighted by molar-refractivity contribution is 5.99. The van der Waals surface area contributed by atoms with Gasteiger partial charge in [0, 0.05) is 32.5 Å². The van der Waals surface area contributed by atoms with Crippen LogP contribution in [0.2, 0.25) is 0 Å². The molecule has 106 valence electrons. The third-order valence-electron chi connectivity index (χ3n) is 3.16. The summed E-state index contributed by atoms with van der Waals surface area (Å²) in [6.45, 7) is 3.61. The van der Waals surface area contributed by atoms with Gasteiger partial charge in [-0.25, -0.2) is 4.98 Å². The fourth-order valence-corrected chi connectivity index (χ4v) is 2.03. The van der Waals surface area contributed by atoms with Crippen LogP contribution in [0.25, 0.3) is 0 Å². The number of nitrogens with one attached hydrogen (secondary N) is 1. The molecule has 0 atom stereocenters. The Morgan fingerprint density at radius 3 is 2.80 bits per heavy atom. The standard InChI is InChI=1S/C15H20N4O/c1-4-19-11-16-9-12(19)10-17-14-8-6-5-7-13(14)15(20)18(2)3/h5-9,11,17H,4,10H2,1-3H3. The minimum absolute atomic E-state index is 0.00269. The van der Waals surface area contributed by atoms with E-state index in [1.165, 1.54) is 0 Å². The molecular formula is C15H20N4O. The number of hydrogen-bond donors (Lipinski definition) is 1. The minimum Gasteiger partial charge on any atom is -0.379 e. The zero-order valence-electron chi connectivity index (χ0n) is 12.1. The number of benzene rings is 1. The van der Waals surface area contributed by atoms with Crippen LogP contribution in [0.3, 0.4) is 0 Å². The Bertz CT molecular complexity index is 589. The summed E-state index contributed by atoms with van der Waals surface area (Å²) in [7, 11) is 3.51. The lowest BCUT2D eigenvalue weighted by Gasteiger charge is -2.15. The van der Waals surface area contributed by atoms with E-state index in [0.717, 1.165) is 17.9 Å². The average molecular weight is 272 g/mol. The summed E-state index contributed by atoms with van der Waals surface area (Å²) in [5.41, 5.74) is 2.62. The first kappa shape index (κ1) is 14.1. The Morgan fingerprint density at radius 1 is 1.35 bits per heavy atom. The molecule has 0 unspecified atom stereocenters. The molecular weight excluding hydrogens is 252 g/mol. The molecule has 20 heavy (non-hydrogen) atoms. The topological polar surface area (TPSA) is 50.2 Å². The van der Waals surface area contributed by atoms with Crippen molar-refractivity contribution in [2.75, 3.05) is 19.4 Å². The Labute approximate surface area is 119 Å². The molecule has 5 nitrogen and oxygen atoms in total. The summed E-state index contributed by atoms with van der Waals surface area (Å²) in [4.78, 5) is 17.8. The molecule has 0 spiro atoms. The second-order valence-electron chi connectivity index (χ2n) is 4.77. The number of hydrogen-bond acceptors (Lipinski definition) is 3. The predicted molar refractivity (Wildman–Crippen MR) is 79.7 cm³/mol. The van der Waals surface area contributed by atoms with Gasteiger partial charge >= 0.3 is 0 Å². The van der Waals surface area contributed by atoms with Gasteiger partial charge in [0.25, 0.3) is 5.91 Å². The molecule has 1 aromatic carbocycles. The number of anilines is 1. The molecule has 0 bridgehead atoms. The number of nitrogens with zero attached hydrogens (tertiary/aromatic N) is 3. The van der Waals surface area contributed by atoms with E-state index in [0.29, 0.717) is 12.1 Å². The molecule has 1 amide bonds. The van der Waals surface area contributed by atoms with Crippen LogP contribution in [-0.2, 0) is 13.1 Å². The lowest BCUT2D eigenvalue weighted by molar-refractivity contribution is 0.0828. The smallest absolute Gasteiger partial charge is 0.255 e. The number of imidazole rings is 1. The molecule has 0 saturated heterocycles. The normalized spacial score (nSPS) is 10.3. The highest BCUT2D eigenvalue weighted by Gasteiger charge is 2.12. The number of carbonyl (C=O) groups excluding carboxylic acids is 1. The first-order valence-electron chi connectivity index (χ1n) is 6.67. The Morgan fingerprint density at radius 2 is 2.10 bits per heavy atom. The maximum Gasteiger partial charge on any atom is 0.255 e. The van der Waals surface area contributed by atoms with Crippen LogP contribution < -0.4 is 5.32 Å². The van der Waals surface area contributed by atoms with Gasteiger partial charge in [-0.15, -0.1) is 0 Å². The van der Waals surface area contributed by atoms with Crippen LogP contribution in [0.5, 0.6) is 0 Å². The van der Waals surface area contributed by atoms with E-state index in [2.05, 4.69) is 21.8 Å². The van der Waals surface area contributed by atoms with Crippen molar-refractivity contribution >= 4 is 11.6 Å². The van der Waals surface area contributed by atoms with Crippen molar-refractivity contribution in [2.45, 2.75) is 20.0 Å². The summed E-state index contributed by atoms with van der Waals surface area (Å²) < 4.78 is 2.07. The highest BCUT2D eigenvalue weighted by atomic mass is 16.2. The maximum atomic E-state index is 12.1. The van der Waals surface area contributed by atoms with Crippen molar-refractivity contribution in [2.24, 2.45) is 0 Å². The van der Waals surface area contributed by atoms with Crippen LogP contribution in [0.1, 0.15) is 23.0 Å². The molecule has 2 rings (SSSR count). The van der Waals surface area contributed by atoms with Crippen molar-refractivity contribution in [3.63, 3.8) is 0 Å². The quantitative estimate of drug-likeness (QED) is 0.908. The number of aromatic nitrogens is 2. The van der Waals surface area contributed by atoms with Gasteiger partial charge in [-0.3, -0.25) is 4.79 Å². The summed E-state index contributed by atoms with van der Waals surface area (Å²) in [5, 5.41) is 3.32. The highest BCUT2D eigenvalue weighted by Crippen LogP contribution is 2.17. The van der Waals surface area contributed by atoms with Gasteiger partial charge in [0.05, 0.1) is 24.1 Å². The van der Waals surface area contributed by atoms with Crippen LogP contribution in [-0.4, -0.2) is 34.5 Å². The molecule has 1 N–H and O–H groups in total. The van der Waals surface area contributed by atoms with Crippen molar-refractivity contribution in [3.05, 3.63) is 48.0 Å². The van der Waals surface area contributed by atoms with E-state index in [9.17, 15) is 4.79 Å². The van der Waals surface area contributed by atoms with Crippen molar-refractivity contribution in [1.82, 2.24) is 14.5 Å². The van der Waals surface area contributed by atoms with Gasteiger partial charge in [-0.2, -0.15) is 0 Å². The van der Waals surface area contributed by atoms with Crippen molar-refractivity contribution in [1.29, 1.82) is 0 Å². The summed E-state index contributed by atoms with van der Waals surface area (Å²) in [6, 6.07) is 7.55. The second-order valence-corrected chi connectivity index (χ2v) is 4.77. The fourth-order valence-electron chi connectivity index (χ4n) is 2.03. The molecule has 0 radical (unpaired) electrons. The molecule has 1 aromatic heterocycles. The van der Waals surface area contributed by atoms with Gasteiger partial charge in [-0.1, -0.05) is 12.1 Å². The van der Waals surface area contributed by atoms with E-state index in [1.54, 1.807) is 19.0 Å². The summed E-state index contributed by atoms with van der Waals surface area (Å²) in [6.07, 6.45) is 3.65. The molecule has 0 aliphatic heterocycles. The number of para-hydroxylation sites is 1. The first-order valence-corrected chi connectivity index (χ1v) is 6.67. The van der Waals surface area contributed by atoms with Gasteiger partial charge < -0.3 is 14.8 Å². The third kappa shape index (κ3) is 2.99. The molecule has 5 heteroatoms. The monoisotopic (exact) mass is 272 g/mol. The van der Waals surface area contributed by atoms with Gasteiger partial charge in [0.15, 0.2) is 0 Å². The molecule has 0 fully saturated rings. The number of aryl methyl sites for hydroxylation is 1. The summed E-state index contributed by atoms with van der Waals surface area (Å²) in [5.74, 6) is -0.00269. The van der Waals surface area contributed by atoms with E-state index in [1.807, 2.05) is 36.8 Å². The van der Waals surface area contributed by atoms with E-state index in [4.69, 9.17) is 0 Å². The van der Waals surface area contributed by atoms with Crippen molar-refractivity contribution < 1.29 is 4.79 Å². The number of rotatable bonds is 5. The van der Waals surface area contributed by atoms with E-state index >= 15 is 0 Å².